The Bertz CT molecular complexity index is 1010. The number of carbonyl (C=O) groups excluding carboxylic acids is 1. The van der Waals surface area contributed by atoms with E-state index in [0.29, 0.717) is 30.2 Å². The van der Waals surface area contributed by atoms with Crippen LogP contribution in [-0.4, -0.2) is 44.1 Å². The standard InChI is InChI=1S/C20H22N2O5S/c1-26-16-8-9-17(18(10-16)27-2)21-19(23)20-11-15(20)13-22(28(20,24)25)12-14-6-4-3-5-7-14/h3-10,15H,11-13H2,1-2H3,(H,21,23). The minimum Gasteiger partial charge on any atom is -0.497 e. The first-order valence-electron chi connectivity index (χ1n) is 8.99. The molecule has 1 N–H and O–H groups in total. The lowest BCUT2D eigenvalue weighted by molar-refractivity contribution is -0.116. The molecule has 1 saturated heterocycles. The van der Waals surface area contributed by atoms with E-state index in [4.69, 9.17) is 9.47 Å². The molecule has 148 valence electrons. The second-order valence-corrected chi connectivity index (χ2v) is 9.29. The van der Waals surface area contributed by atoms with Crippen molar-refractivity contribution in [3.8, 4) is 11.5 Å². The Morgan fingerprint density at radius 1 is 1.18 bits per heavy atom. The number of amides is 1. The molecule has 2 aliphatic rings. The maximum atomic E-state index is 13.2. The molecule has 0 bridgehead atoms. The van der Waals surface area contributed by atoms with Crippen molar-refractivity contribution in [2.75, 3.05) is 26.1 Å². The first kappa shape index (κ1) is 18.8. The number of carbonyl (C=O) groups is 1. The molecule has 4 rings (SSSR count). The van der Waals surface area contributed by atoms with Gasteiger partial charge in [-0.3, -0.25) is 4.79 Å². The van der Waals surface area contributed by atoms with Crippen LogP contribution < -0.4 is 14.8 Å². The highest BCUT2D eigenvalue weighted by Crippen LogP contribution is 2.58. The van der Waals surface area contributed by atoms with Gasteiger partial charge >= 0.3 is 0 Å². The van der Waals surface area contributed by atoms with Gasteiger partial charge < -0.3 is 14.8 Å². The maximum absolute atomic E-state index is 13.2. The second-order valence-electron chi connectivity index (χ2n) is 7.09. The molecule has 1 saturated carbocycles. The number of methoxy groups -OCH3 is 2. The fourth-order valence-electron chi connectivity index (χ4n) is 3.87. The Kier molecular flexibility index (Phi) is 4.55. The average Bonchev–Trinajstić information content (AvgIpc) is 3.39. The summed E-state index contributed by atoms with van der Waals surface area (Å²) in [6, 6.07) is 14.4. The number of sulfonamides is 1. The molecule has 8 heteroatoms. The number of rotatable bonds is 6. The molecule has 2 fully saturated rings. The Balaban J connectivity index is 1.56. The minimum absolute atomic E-state index is 0.189. The predicted octanol–water partition coefficient (Wildman–Crippen LogP) is 2.25. The third-order valence-corrected chi connectivity index (χ3v) is 8.08. The third kappa shape index (κ3) is 2.84. The molecule has 0 spiro atoms. The topological polar surface area (TPSA) is 84.9 Å². The fourth-order valence-corrected chi connectivity index (χ4v) is 6.22. The van der Waals surface area contributed by atoms with Crippen molar-refractivity contribution in [3.63, 3.8) is 0 Å². The van der Waals surface area contributed by atoms with Crippen LogP contribution in [0.3, 0.4) is 0 Å². The van der Waals surface area contributed by atoms with Gasteiger partial charge in [0.25, 0.3) is 0 Å². The van der Waals surface area contributed by atoms with Gasteiger partial charge in [-0.1, -0.05) is 30.3 Å². The second kappa shape index (κ2) is 6.79. The highest BCUT2D eigenvalue weighted by atomic mass is 32.2. The molecule has 0 radical (unpaired) electrons. The Labute approximate surface area is 164 Å². The number of nitrogens with zero attached hydrogens (tertiary/aromatic N) is 1. The van der Waals surface area contributed by atoms with Gasteiger partial charge in [0.05, 0.1) is 19.9 Å². The first-order valence-corrected chi connectivity index (χ1v) is 10.4. The van der Waals surface area contributed by atoms with Crippen LogP contribution in [0.1, 0.15) is 12.0 Å². The van der Waals surface area contributed by atoms with Crippen molar-refractivity contribution in [3.05, 3.63) is 54.1 Å². The lowest BCUT2D eigenvalue weighted by Crippen LogP contribution is -2.42. The Morgan fingerprint density at radius 2 is 1.93 bits per heavy atom. The normalized spacial score (nSPS) is 25.0. The number of nitrogens with one attached hydrogen (secondary N) is 1. The van der Waals surface area contributed by atoms with Crippen LogP contribution in [0.2, 0.25) is 0 Å². The van der Waals surface area contributed by atoms with Gasteiger partial charge in [-0.2, -0.15) is 4.31 Å². The summed E-state index contributed by atoms with van der Waals surface area (Å²) < 4.78 is 36.8. The Morgan fingerprint density at radius 3 is 2.61 bits per heavy atom. The molecule has 1 heterocycles. The zero-order valence-electron chi connectivity index (χ0n) is 15.7. The summed E-state index contributed by atoms with van der Waals surface area (Å²) >= 11 is 0. The van der Waals surface area contributed by atoms with Crippen LogP contribution in [0, 0.1) is 5.92 Å². The number of fused-ring (bicyclic) bond motifs is 1. The van der Waals surface area contributed by atoms with E-state index in [0.717, 1.165) is 5.56 Å². The van der Waals surface area contributed by atoms with Crippen LogP contribution in [-0.2, 0) is 21.4 Å². The molecule has 2 atom stereocenters. The first-order chi connectivity index (χ1) is 13.4. The monoisotopic (exact) mass is 402 g/mol. The molecule has 28 heavy (non-hydrogen) atoms. The van der Waals surface area contributed by atoms with E-state index in [-0.39, 0.29) is 12.5 Å². The van der Waals surface area contributed by atoms with E-state index in [2.05, 4.69) is 5.32 Å². The molecule has 0 aromatic heterocycles. The van der Waals surface area contributed by atoms with Gasteiger partial charge in [0.15, 0.2) is 4.75 Å². The summed E-state index contributed by atoms with van der Waals surface area (Å²) in [4.78, 5) is 13.0. The predicted molar refractivity (Wildman–Crippen MR) is 105 cm³/mol. The van der Waals surface area contributed by atoms with Crippen molar-refractivity contribution in [2.24, 2.45) is 5.92 Å². The van der Waals surface area contributed by atoms with Crippen LogP contribution in [0.15, 0.2) is 48.5 Å². The lowest BCUT2D eigenvalue weighted by Gasteiger charge is -2.21. The SMILES string of the molecule is COc1ccc(NC(=O)C23CC2CN(Cc2ccccc2)S3(=O)=O)c(OC)c1. The summed E-state index contributed by atoms with van der Waals surface area (Å²) in [7, 11) is -0.730. The number of anilines is 1. The van der Waals surface area contributed by atoms with Gasteiger partial charge in [0, 0.05) is 25.1 Å². The van der Waals surface area contributed by atoms with E-state index < -0.39 is 20.7 Å². The molecule has 1 amide bonds. The summed E-state index contributed by atoms with van der Waals surface area (Å²) in [5.74, 6) is 0.305. The number of ether oxygens (including phenoxy) is 2. The zero-order chi connectivity index (χ0) is 19.9. The van der Waals surface area contributed by atoms with E-state index in [1.165, 1.54) is 18.5 Å². The molecule has 7 nitrogen and oxygen atoms in total. The number of hydrogen-bond donors (Lipinski definition) is 1. The van der Waals surface area contributed by atoms with Crippen molar-refractivity contribution in [2.45, 2.75) is 17.7 Å². The van der Waals surface area contributed by atoms with Crippen LogP contribution in [0.25, 0.3) is 0 Å². The van der Waals surface area contributed by atoms with E-state index in [1.54, 1.807) is 18.2 Å². The van der Waals surface area contributed by atoms with E-state index in [1.807, 2.05) is 30.3 Å². The molecular weight excluding hydrogens is 380 g/mol. The van der Waals surface area contributed by atoms with E-state index in [9.17, 15) is 13.2 Å². The van der Waals surface area contributed by atoms with Crippen molar-refractivity contribution in [1.29, 1.82) is 0 Å². The fraction of sp³-hybridized carbons (Fsp3) is 0.350. The maximum Gasteiger partial charge on any atom is 0.247 e. The minimum atomic E-state index is -3.75. The molecule has 2 aromatic rings. The molecular formula is C20H22N2O5S. The lowest BCUT2D eigenvalue weighted by atomic mass is 10.2. The molecule has 1 aliphatic carbocycles. The zero-order valence-corrected chi connectivity index (χ0v) is 16.5. The summed E-state index contributed by atoms with van der Waals surface area (Å²) in [5, 5.41) is 2.75. The number of benzene rings is 2. The molecule has 2 aromatic carbocycles. The Hall–Kier alpha value is -2.58. The van der Waals surface area contributed by atoms with Crippen LogP contribution in [0.4, 0.5) is 5.69 Å². The summed E-state index contributed by atoms with van der Waals surface area (Å²) in [5.41, 5.74) is 1.32. The van der Waals surface area contributed by atoms with E-state index >= 15 is 0 Å². The van der Waals surface area contributed by atoms with Crippen LogP contribution in [0.5, 0.6) is 11.5 Å². The molecule has 2 unspecified atom stereocenters. The van der Waals surface area contributed by atoms with Crippen LogP contribution >= 0.6 is 0 Å². The highest BCUT2D eigenvalue weighted by molar-refractivity contribution is 7.92. The van der Waals surface area contributed by atoms with Crippen molar-refractivity contribution in [1.82, 2.24) is 4.31 Å². The van der Waals surface area contributed by atoms with Gasteiger partial charge in [0.1, 0.15) is 11.5 Å². The average molecular weight is 402 g/mol. The van der Waals surface area contributed by atoms with Crippen molar-refractivity contribution < 1.29 is 22.7 Å². The van der Waals surface area contributed by atoms with Gasteiger partial charge in [0.2, 0.25) is 15.9 Å². The molecule has 1 aliphatic heterocycles. The smallest absolute Gasteiger partial charge is 0.247 e. The van der Waals surface area contributed by atoms with Crippen molar-refractivity contribution >= 4 is 21.6 Å². The van der Waals surface area contributed by atoms with Gasteiger partial charge in [-0.05, 0) is 24.1 Å². The third-order valence-electron chi connectivity index (χ3n) is 5.52. The number of hydrogen-bond acceptors (Lipinski definition) is 5. The summed E-state index contributed by atoms with van der Waals surface area (Å²) in [6.07, 6.45) is 0.352. The summed E-state index contributed by atoms with van der Waals surface area (Å²) in [6.45, 7) is 0.644. The highest BCUT2D eigenvalue weighted by Gasteiger charge is 2.75. The van der Waals surface area contributed by atoms with Gasteiger partial charge in [-0.15, -0.1) is 0 Å². The van der Waals surface area contributed by atoms with Gasteiger partial charge in [-0.25, -0.2) is 8.42 Å². The quantitative estimate of drug-likeness (QED) is 0.801. The largest absolute Gasteiger partial charge is 0.497 e.